The maximum Gasteiger partial charge on any atom is 0.317 e. The number of aliphatic carboxylic acids is 1. The number of nitriles is 1. The van der Waals surface area contributed by atoms with Gasteiger partial charge in [-0.05, 0) is 42.3 Å². The predicted molar refractivity (Wildman–Crippen MR) is 126 cm³/mol. The van der Waals surface area contributed by atoms with Gasteiger partial charge in [-0.15, -0.1) is 0 Å². The predicted octanol–water partition coefficient (Wildman–Crippen LogP) is 6.31. The van der Waals surface area contributed by atoms with Gasteiger partial charge in [0, 0.05) is 5.92 Å². The van der Waals surface area contributed by atoms with E-state index >= 15 is 0 Å². The number of hydrogen-bond donors (Lipinski definition) is 1. The third kappa shape index (κ3) is 3.80. The second-order valence-corrected chi connectivity index (χ2v) is 9.13. The van der Waals surface area contributed by atoms with Crippen LogP contribution < -0.4 is 9.47 Å². The number of halogens is 2. The Labute approximate surface area is 202 Å². The topological polar surface area (TPSA) is 79.5 Å². The van der Waals surface area contributed by atoms with Crippen LogP contribution in [-0.2, 0) is 10.2 Å². The molecular formula is C26H21Cl2NO4. The van der Waals surface area contributed by atoms with Crippen LogP contribution in [0.1, 0.15) is 24.0 Å². The Bertz CT molecular complexity index is 1190. The molecule has 0 spiro atoms. The van der Waals surface area contributed by atoms with Crippen LogP contribution in [0.4, 0.5) is 0 Å². The summed E-state index contributed by atoms with van der Waals surface area (Å²) in [4.78, 5) is 12.7. The van der Waals surface area contributed by atoms with Crippen molar-refractivity contribution in [2.75, 3.05) is 6.61 Å². The highest BCUT2D eigenvalue weighted by Gasteiger charge is 2.83. The molecule has 3 unspecified atom stereocenters. The van der Waals surface area contributed by atoms with Crippen LogP contribution in [-0.4, -0.2) is 22.0 Å². The molecule has 3 aromatic carbocycles. The van der Waals surface area contributed by atoms with E-state index in [-0.39, 0.29) is 0 Å². The van der Waals surface area contributed by atoms with Gasteiger partial charge in [0.05, 0.1) is 18.6 Å². The zero-order valence-corrected chi connectivity index (χ0v) is 19.3. The molecule has 4 rings (SSSR count). The molecule has 1 saturated carbocycles. The fraction of sp³-hybridized carbons (Fsp3) is 0.231. The Morgan fingerprint density at radius 3 is 2.27 bits per heavy atom. The highest BCUT2D eigenvalue weighted by molar-refractivity contribution is 6.54. The van der Waals surface area contributed by atoms with Gasteiger partial charge in [-0.3, -0.25) is 4.79 Å². The van der Waals surface area contributed by atoms with Gasteiger partial charge in [-0.25, -0.2) is 0 Å². The molecule has 0 aliphatic heterocycles. The van der Waals surface area contributed by atoms with Crippen LogP contribution in [0.2, 0.25) is 0 Å². The first kappa shape index (κ1) is 23.0. The highest BCUT2D eigenvalue weighted by Crippen LogP contribution is 2.74. The lowest BCUT2D eigenvalue weighted by atomic mass is 9.85. The maximum absolute atomic E-state index is 12.7. The Kier molecular flexibility index (Phi) is 6.25. The van der Waals surface area contributed by atoms with Gasteiger partial charge >= 0.3 is 5.97 Å². The highest BCUT2D eigenvalue weighted by atomic mass is 35.5. The largest absolute Gasteiger partial charge is 0.490 e. The summed E-state index contributed by atoms with van der Waals surface area (Å²) in [5, 5.41) is 20.3. The van der Waals surface area contributed by atoms with E-state index in [0.29, 0.717) is 35.0 Å². The average molecular weight is 482 g/mol. The van der Waals surface area contributed by atoms with E-state index in [4.69, 9.17) is 32.7 Å². The Morgan fingerprint density at radius 1 is 1.06 bits per heavy atom. The van der Waals surface area contributed by atoms with Crippen molar-refractivity contribution in [3.63, 3.8) is 0 Å². The van der Waals surface area contributed by atoms with Gasteiger partial charge in [0.1, 0.15) is 15.5 Å². The molecule has 168 valence electrons. The van der Waals surface area contributed by atoms with Gasteiger partial charge in [-0.1, -0.05) is 77.8 Å². The second-order valence-electron chi connectivity index (χ2n) is 7.74. The molecule has 33 heavy (non-hydrogen) atoms. The number of para-hydroxylation sites is 1. The van der Waals surface area contributed by atoms with Crippen LogP contribution in [0, 0.1) is 17.2 Å². The molecule has 3 atom stereocenters. The lowest BCUT2D eigenvalue weighted by molar-refractivity contribution is -0.140. The third-order valence-corrected chi connectivity index (χ3v) is 7.00. The zero-order valence-electron chi connectivity index (χ0n) is 17.7. The van der Waals surface area contributed by atoms with Crippen molar-refractivity contribution in [2.45, 2.75) is 22.6 Å². The molecule has 0 saturated heterocycles. The van der Waals surface area contributed by atoms with Gasteiger partial charge < -0.3 is 14.6 Å². The van der Waals surface area contributed by atoms with Gasteiger partial charge in [-0.2, -0.15) is 5.26 Å². The van der Waals surface area contributed by atoms with Crippen molar-refractivity contribution in [2.24, 2.45) is 5.92 Å². The number of nitrogens with zero attached hydrogens (tertiary/aromatic N) is 1. The van der Waals surface area contributed by atoms with Crippen molar-refractivity contribution < 1.29 is 19.4 Å². The number of alkyl halides is 2. The Hall–Kier alpha value is -3.20. The molecule has 1 N–H and O–H groups in total. The van der Waals surface area contributed by atoms with Gasteiger partial charge in [0.2, 0.25) is 0 Å². The van der Waals surface area contributed by atoms with E-state index in [9.17, 15) is 15.2 Å². The van der Waals surface area contributed by atoms with Crippen molar-refractivity contribution >= 4 is 29.2 Å². The normalized spacial score (nSPS) is 21.5. The molecule has 1 fully saturated rings. The average Bonchev–Trinajstić information content (AvgIpc) is 3.34. The molecule has 3 aromatic rings. The van der Waals surface area contributed by atoms with Gasteiger partial charge in [0.25, 0.3) is 0 Å². The molecule has 1 aliphatic rings. The maximum atomic E-state index is 12.7. The summed E-state index contributed by atoms with van der Waals surface area (Å²) in [5.41, 5.74) is -0.702. The molecule has 0 aromatic heterocycles. The molecule has 0 amide bonds. The summed E-state index contributed by atoms with van der Waals surface area (Å²) < 4.78 is 9.99. The van der Waals surface area contributed by atoms with E-state index < -0.39 is 27.6 Å². The van der Waals surface area contributed by atoms with Crippen molar-refractivity contribution in [3.05, 3.63) is 90.0 Å². The summed E-state index contributed by atoms with van der Waals surface area (Å²) in [6.07, 6.45) is 0. The summed E-state index contributed by atoms with van der Waals surface area (Å²) >= 11 is 13.3. The molecule has 5 nitrogen and oxygen atoms in total. The van der Waals surface area contributed by atoms with Crippen LogP contribution in [0.25, 0.3) is 0 Å². The van der Waals surface area contributed by atoms with E-state index in [0.717, 1.165) is 0 Å². The number of ether oxygens (including phenoxy) is 2. The number of rotatable bonds is 8. The number of benzene rings is 3. The minimum Gasteiger partial charge on any atom is -0.490 e. The smallest absolute Gasteiger partial charge is 0.317 e. The lowest BCUT2D eigenvalue weighted by Crippen LogP contribution is -2.27. The standard InChI is InChI=1S/C26H21Cl2NO4/c1-2-32-21-14-13-18(15-22(21)33-19-11-7-4-8-12-19)25(24(30)31)23(26(25,27)28)20(16-29)17-9-5-3-6-10-17/h3-15,20,23H,2H2,1H3,(H,30,31). The Morgan fingerprint density at radius 2 is 1.70 bits per heavy atom. The number of hydrogen-bond acceptors (Lipinski definition) is 4. The molecule has 0 radical (unpaired) electrons. The first-order valence-electron chi connectivity index (χ1n) is 10.4. The first-order chi connectivity index (χ1) is 15.9. The zero-order chi connectivity index (χ0) is 23.6. The van der Waals surface area contributed by atoms with Crippen LogP contribution in [0.3, 0.4) is 0 Å². The third-order valence-electron chi connectivity index (χ3n) is 5.94. The quantitative estimate of drug-likeness (QED) is 0.381. The molecular weight excluding hydrogens is 461 g/mol. The minimum absolute atomic E-state index is 0.337. The van der Waals surface area contributed by atoms with Crippen molar-refractivity contribution in [3.8, 4) is 23.3 Å². The monoisotopic (exact) mass is 481 g/mol. The Balaban J connectivity index is 1.82. The van der Waals surface area contributed by atoms with Crippen LogP contribution in [0.15, 0.2) is 78.9 Å². The first-order valence-corrected chi connectivity index (χ1v) is 11.2. The molecule has 0 bridgehead atoms. The fourth-order valence-electron chi connectivity index (χ4n) is 4.39. The van der Waals surface area contributed by atoms with Crippen LogP contribution >= 0.6 is 23.2 Å². The molecule has 0 heterocycles. The minimum atomic E-state index is -1.70. The fourth-order valence-corrected chi connectivity index (χ4v) is 5.47. The number of carboxylic acid groups (broad SMARTS) is 1. The summed E-state index contributed by atoms with van der Waals surface area (Å²) in [7, 11) is 0. The van der Waals surface area contributed by atoms with Crippen LogP contribution in [0.5, 0.6) is 17.2 Å². The lowest BCUT2D eigenvalue weighted by Gasteiger charge is -2.19. The van der Waals surface area contributed by atoms with E-state index in [1.807, 2.05) is 31.2 Å². The molecule has 1 aliphatic carbocycles. The summed E-state index contributed by atoms with van der Waals surface area (Å²) in [6, 6.07) is 25.1. The van der Waals surface area contributed by atoms with E-state index in [1.165, 1.54) is 0 Å². The number of carboxylic acids is 1. The van der Waals surface area contributed by atoms with Crippen molar-refractivity contribution in [1.29, 1.82) is 5.26 Å². The summed E-state index contributed by atoms with van der Waals surface area (Å²) in [5.74, 6) is -1.54. The van der Waals surface area contributed by atoms with E-state index in [2.05, 4.69) is 6.07 Å². The van der Waals surface area contributed by atoms with E-state index in [1.54, 1.807) is 54.6 Å². The molecule has 7 heteroatoms. The number of carbonyl (C=O) groups is 1. The van der Waals surface area contributed by atoms with Crippen molar-refractivity contribution in [1.82, 2.24) is 0 Å². The SMILES string of the molecule is CCOc1ccc(C2(C(=O)O)C(C(C#N)c3ccccc3)C2(Cl)Cl)cc1Oc1ccccc1. The second kappa shape index (κ2) is 8.97. The van der Waals surface area contributed by atoms with Gasteiger partial charge in [0.15, 0.2) is 11.5 Å². The summed E-state index contributed by atoms with van der Waals surface area (Å²) in [6.45, 7) is 2.24.